The van der Waals surface area contributed by atoms with E-state index in [9.17, 15) is 13.2 Å². The summed E-state index contributed by atoms with van der Waals surface area (Å²) in [6.45, 7) is 1.49. The topological polar surface area (TPSA) is 97.3 Å². The van der Waals surface area contributed by atoms with Gasteiger partial charge in [-0.2, -0.15) is 5.10 Å². The van der Waals surface area contributed by atoms with Gasteiger partial charge in [0.05, 0.1) is 25.3 Å². The molecule has 0 aliphatic heterocycles. The predicted octanol–water partition coefficient (Wildman–Crippen LogP) is 3.79. The number of ether oxygens (including phenoxy) is 2. The largest absolute Gasteiger partial charge is 0.496 e. The Morgan fingerprint density at radius 3 is 2.21 bits per heavy atom. The van der Waals surface area contributed by atoms with Gasteiger partial charge in [0.2, 0.25) is 10.0 Å². The van der Waals surface area contributed by atoms with Gasteiger partial charge in [0.25, 0.3) is 5.91 Å². The monoisotopic (exact) mass is 467 g/mol. The van der Waals surface area contributed by atoms with E-state index >= 15 is 0 Å². The van der Waals surface area contributed by atoms with E-state index in [0.717, 1.165) is 10.6 Å². The molecule has 1 amide bonds. The van der Waals surface area contributed by atoms with Crippen molar-refractivity contribution in [2.75, 3.05) is 17.7 Å². The molecule has 9 heteroatoms. The van der Waals surface area contributed by atoms with Crippen LogP contribution >= 0.6 is 0 Å². The number of rotatable bonds is 9. The van der Waals surface area contributed by atoms with Gasteiger partial charge in [-0.3, -0.25) is 9.10 Å². The fraction of sp³-hybridized carbons (Fsp3) is 0.167. The molecule has 0 fully saturated rings. The normalized spacial score (nSPS) is 12.2. The van der Waals surface area contributed by atoms with Gasteiger partial charge in [0.1, 0.15) is 23.3 Å². The Kier molecular flexibility index (Phi) is 7.68. The average Bonchev–Trinajstić information content (AvgIpc) is 2.80. The molecule has 3 rings (SSSR count). The number of para-hydroxylation sites is 2. The maximum absolute atomic E-state index is 12.7. The molecule has 3 aromatic rings. The first-order valence-electron chi connectivity index (χ1n) is 10.1. The molecule has 0 heterocycles. The molecule has 0 aliphatic rings. The molecule has 0 spiro atoms. The second-order valence-electron chi connectivity index (χ2n) is 7.12. The first kappa shape index (κ1) is 23.8. The summed E-state index contributed by atoms with van der Waals surface area (Å²) in [4.78, 5) is 12.7. The van der Waals surface area contributed by atoms with E-state index in [2.05, 4.69) is 10.5 Å². The second kappa shape index (κ2) is 10.6. The van der Waals surface area contributed by atoms with Crippen LogP contribution in [0.15, 0.2) is 84.0 Å². The van der Waals surface area contributed by atoms with Gasteiger partial charge in [-0.15, -0.1) is 0 Å². The lowest BCUT2D eigenvalue weighted by Crippen LogP contribution is -2.46. The molecular weight excluding hydrogens is 442 g/mol. The summed E-state index contributed by atoms with van der Waals surface area (Å²) in [5.41, 5.74) is 3.39. The van der Waals surface area contributed by atoms with Crippen molar-refractivity contribution in [3.05, 3.63) is 84.4 Å². The molecule has 33 heavy (non-hydrogen) atoms. The van der Waals surface area contributed by atoms with Crippen LogP contribution in [0.4, 0.5) is 5.69 Å². The lowest BCUT2D eigenvalue weighted by molar-refractivity contribution is -0.121. The average molecular weight is 468 g/mol. The Balaban J connectivity index is 1.74. The van der Waals surface area contributed by atoms with Crippen molar-refractivity contribution in [1.29, 1.82) is 0 Å². The number of benzene rings is 3. The van der Waals surface area contributed by atoms with Gasteiger partial charge >= 0.3 is 0 Å². The van der Waals surface area contributed by atoms with E-state index in [1.54, 1.807) is 36.4 Å². The lowest BCUT2D eigenvalue weighted by atomic mass is 10.2. The quantitative estimate of drug-likeness (QED) is 0.381. The fourth-order valence-corrected chi connectivity index (χ4v) is 4.30. The molecular formula is C24H25N3O5S. The summed E-state index contributed by atoms with van der Waals surface area (Å²) < 4.78 is 37.0. The molecule has 0 saturated heterocycles. The number of hydrogen-bond acceptors (Lipinski definition) is 6. The highest BCUT2D eigenvalue weighted by Gasteiger charge is 2.29. The van der Waals surface area contributed by atoms with Crippen LogP contribution in [-0.2, 0) is 14.8 Å². The number of carbonyl (C=O) groups excluding carboxylic acids is 1. The van der Waals surface area contributed by atoms with Gasteiger partial charge in [-0.05, 0) is 55.5 Å². The van der Waals surface area contributed by atoms with Gasteiger partial charge in [-0.1, -0.05) is 30.3 Å². The number of nitrogens with zero attached hydrogens (tertiary/aromatic N) is 2. The molecule has 8 nitrogen and oxygen atoms in total. The Morgan fingerprint density at radius 2 is 1.58 bits per heavy atom. The zero-order valence-corrected chi connectivity index (χ0v) is 19.3. The van der Waals surface area contributed by atoms with Crippen molar-refractivity contribution in [3.63, 3.8) is 0 Å². The number of hydrazone groups is 1. The molecule has 1 atom stereocenters. The third kappa shape index (κ3) is 6.33. The van der Waals surface area contributed by atoms with Crippen LogP contribution in [0.1, 0.15) is 12.5 Å². The summed E-state index contributed by atoms with van der Waals surface area (Å²) in [5.74, 6) is 1.21. The second-order valence-corrected chi connectivity index (χ2v) is 8.98. The molecule has 0 aromatic heterocycles. The third-order valence-corrected chi connectivity index (χ3v) is 5.92. The molecule has 0 saturated carbocycles. The summed E-state index contributed by atoms with van der Waals surface area (Å²) in [6, 6.07) is 21.8. The van der Waals surface area contributed by atoms with Crippen LogP contribution in [-0.4, -0.2) is 39.9 Å². The zero-order valence-electron chi connectivity index (χ0n) is 18.5. The summed E-state index contributed by atoms with van der Waals surface area (Å²) >= 11 is 0. The summed E-state index contributed by atoms with van der Waals surface area (Å²) in [7, 11) is -2.23. The summed E-state index contributed by atoms with van der Waals surface area (Å²) in [5, 5.41) is 3.94. The smallest absolute Gasteiger partial charge is 0.263 e. The first-order chi connectivity index (χ1) is 15.8. The van der Waals surface area contributed by atoms with Crippen molar-refractivity contribution < 1.29 is 22.7 Å². The van der Waals surface area contributed by atoms with Crippen molar-refractivity contribution in [3.8, 4) is 17.2 Å². The minimum Gasteiger partial charge on any atom is -0.496 e. The molecule has 3 aromatic carbocycles. The Hall–Kier alpha value is -3.85. The maximum Gasteiger partial charge on any atom is 0.263 e. The molecule has 0 aliphatic carbocycles. The molecule has 172 valence electrons. The Bertz CT molecular complexity index is 1210. The number of sulfonamides is 1. The number of nitrogens with one attached hydrogen (secondary N) is 1. The first-order valence-corrected chi connectivity index (χ1v) is 11.9. The Morgan fingerprint density at radius 1 is 0.970 bits per heavy atom. The van der Waals surface area contributed by atoms with Crippen LogP contribution in [0.25, 0.3) is 0 Å². The van der Waals surface area contributed by atoms with Crippen LogP contribution in [0.5, 0.6) is 17.2 Å². The van der Waals surface area contributed by atoms with E-state index in [0.29, 0.717) is 28.5 Å². The molecule has 0 radical (unpaired) electrons. The highest BCUT2D eigenvalue weighted by atomic mass is 32.2. The van der Waals surface area contributed by atoms with Crippen molar-refractivity contribution in [2.45, 2.75) is 13.0 Å². The number of amides is 1. The van der Waals surface area contributed by atoms with Gasteiger partial charge in [0, 0.05) is 5.56 Å². The van der Waals surface area contributed by atoms with Crippen LogP contribution in [0, 0.1) is 0 Å². The predicted molar refractivity (Wildman–Crippen MR) is 128 cm³/mol. The highest BCUT2D eigenvalue weighted by Crippen LogP contribution is 2.27. The van der Waals surface area contributed by atoms with Crippen molar-refractivity contribution in [2.24, 2.45) is 5.10 Å². The van der Waals surface area contributed by atoms with E-state index < -0.39 is 22.0 Å². The minimum absolute atomic E-state index is 0.328. The molecule has 1 N–H and O–H groups in total. The van der Waals surface area contributed by atoms with Gasteiger partial charge < -0.3 is 9.47 Å². The minimum atomic E-state index is -3.76. The standard InChI is InChI=1S/C24H25N3O5S/c1-18(24(28)26-25-17-19-9-7-8-12-23(19)31-2)27(33(3,29)30)20-13-15-22(16-14-20)32-21-10-5-4-6-11-21/h4-18H,1-3H3,(H,26,28)/b25-17-/t18-/m1/s1. The van der Waals surface area contributed by atoms with Gasteiger partial charge in [0.15, 0.2) is 0 Å². The van der Waals surface area contributed by atoms with Crippen LogP contribution in [0.3, 0.4) is 0 Å². The SMILES string of the molecule is COc1ccccc1/C=N\NC(=O)[C@@H](C)N(c1ccc(Oc2ccccc2)cc1)S(C)(=O)=O. The summed E-state index contributed by atoms with van der Waals surface area (Å²) in [6.07, 6.45) is 2.48. The fourth-order valence-electron chi connectivity index (χ4n) is 3.13. The zero-order chi connectivity index (χ0) is 23.8. The molecule has 0 unspecified atom stereocenters. The van der Waals surface area contributed by atoms with Crippen LogP contribution < -0.4 is 19.2 Å². The molecule has 0 bridgehead atoms. The van der Waals surface area contributed by atoms with E-state index in [1.807, 2.05) is 42.5 Å². The number of anilines is 1. The number of carbonyl (C=O) groups is 1. The highest BCUT2D eigenvalue weighted by molar-refractivity contribution is 7.92. The van der Waals surface area contributed by atoms with E-state index in [4.69, 9.17) is 9.47 Å². The van der Waals surface area contributed by atoms with E-state index in [1.165, 1.54) is 20.2 Å². The van der Waals surface area contributed by atoms with E-state index in [-0.39, 0.29) is 0 Å². The lowest BCUT2D eigenvalue weighted by Gasteiger charge is -2.27. The van der Waals surface area contributed by atoms with Crippen molar-refractivity contribution in [1.82, 2.24) is 5.43 Å². The van der Waals surface area contributed by atoms with Gasteiger partial charge in [-0.25, -0.2) is 13.8 Å². The third-order valence-electron chi connectivity index (χ3n) is 4.68. The van der Waals surface area contributed by atoms with Crippen LogP contribution in [0.2, 0.25) is 0 Å². The number of hydrogen-bond donors (Lipinski definition) is 1. The number of methoxy groups -OCH3 is 1. The maximum atomic E-state index is 12.7. The Labute approximate surface area is 193 Å². The van der Waals surface area contributed by atoms with Crippen molar-refractivity contribution >= 4 is 27.8 Å².